The van der Waals surface area contributed by atoms with E-state index in [1.54, 1.807) is 6.20 Å². The van der Waals surface area contributed by atoms with Gasteiger partial charge in [-0.3, -0.25) is 9.48 Å². The highest BCUT2D eigenvalue weighted by Gasteiger charge is 2.19. The van der Waals surface area contributed by atoms with Gasteiger partial charge in [0.15, 0.2) is 0 Å². The van der Waals surface area contributed by atoms with Crippen molar-refractivity contribution in [3.05, 3.63) is 53.9 Å². The summed E-state index contributed by atoms with van der Waals surface area (Å²) >= 11 is 0. The molecule has 1 aromatic carbocycles. The Labute approximate surface area is 112 Å². The van der Waals surface area contributed by atoms with E-state index in [-0.39, 0.29) is 0 Å². The second kappa shape index (κ2) is 6.18. The van der Waals surface area contributed by atoms with Gasteiger partial charge in [0.1, 0.15) is 0 Å². The molecule has 0 spiro atoms. The second-order valence-electron chi connectivity index (χ2n) is 4.64. The van der Waals surface area contributed by atoms with Crippen LogP contribution in [0.15, 0.2) is 42.6 Å². The van der Waals surface area contributed by atoms with Crippen molar-refractivity contribution in [1.29, 1.82) is 0 Å². The van der Waals surface area contributed by atoms with Gasteiger partial charge in [0.25, 0.3) is 0 Å². The van der Waals surface area contributed by atoms with Crippen molar-refractivity contribution in [1.82, 2.24) is 9.78 Å². The lowest BCUT2D eigenvalue weighted by Gasteiger charge is -2.12. The fourth-order valence-corrected chi connectivity index (χ4v) is 2.25. The van der Waals surface area contributed by atoms with E-state index < -0.39 is 11.9 Å². The summed E-state index contributed by atoms with van der Waals surface area (Å²) < 4.78 is 1.83. The molecule has 0 saturated carbocycles. The van der Waals surface area contributed by atoms with Gasteiger partial charge in [-0.25, -0.2) is 0 Å². The molecular formula is C15H18N2O2. The van der Waals surface area contributed by atoms with Crippen LogP contribution in [0.1, 0.15) is 30.0 Å². The van der Waals surface area contributed by atoms with Gasteiger partial charge in [-0.1, -0.05) is 30.3 Å². The molecule has 0 radical (unpaired) electrons. The minimum Gasteiger partial charge on any atom is -0.481 e. The van der Waals surface area contributed by atoms with Gasteiger partial charge in [-0.05, 0) is 30.9 Å². The summed E-state index contributed by atoms with van der Waals surface area (Å²) in [7, 11) is 1.90. The predicted molar refractivity (Wildman–Crippen MR) is 73.0 cm³/mol. The normalized spacial score (nSPS) is 12.3. The second-order valence-corrected chi connectivity index (χ2v) is 4.64. The van der Waals surface area contributed by atoms with Gasteiger partial charge in [-0.2, -0.15) is 5.10 Å². The predicted octanol–water partition coefficient (Wildman–Crippen LogP) is 2.61. The number of rotatable bonds is 6. The lowest BCUT2D eigenvalue weighted by Crippen LogP contribution is -2.12. The van der Waals surface area contributed by atoms with Crippen LogP contribution >= 0.6 is 0 Å². The van der Waals surface area contributed by atoms with Gasteiger partial charge < -0.3 is 5.11 Å². The fraction of sp³-hybridized carbons (Fsp3) is 0.333. The first-order chi connectivity index (χ1) is 9.18. The SMILES string of the molecule is Cn1nccc1CCCC(C(=O)O)c1ccccc1. The van der Waals surface area contributed by atoms with Crippen molar-refractivity contribution in [2.75, 3.05) is 0 Å². The highest BCUT2D eigenvalue weighted by molar-refractivity contribution is 5.75. The first kappa shape index (κ1) is 13.3. The van der Waals surface area contributed by atoms with E-state index in [2.05, 4.69) is 5.10 Å². The van der Waals surface area contributed by atoms with Crippen LogP contribution in [0.3, 0.4) is 0 Å². The van der Waals surface area contributed by atoms with Crippen molar-refractivity contribution in [2.24, 2.45) is 7.05 Å². The minimum atomic E-state index is -0.754. The van der Waals surface area contributed by atoms with Gasteiger partial charge >= 0.3 is 5.97 Å². The largest absolute Gasteiger partial charge is 0.481 e. The third-order valence-electron chi connectivity index (χ3n) is 3.35. The molecule has 1 N–H and O–H groups in total. The van der Waals surface area contributed by atoms with E-state index in [1.807, 2.05) is 48.1 Å². The molecule has 1 aromatic heterocycles. The molecule has 0 fully saturated rings. The van der Waals surface area contributed by atoms with E-state index in [0.29, 0.717) is 6.42 Å². The zero-order valence-corrected chi connectivity index (χ0v) is 11.0. The number of aromatic nitrogens is 2. The molecule has 2 aromatic rings. The average molecular weight is 258 g/mol. The van der Waals surface area contributed by atoms with Gasteiger partial charge in [0.05, 0.1) is 5.92 Å². The maximum Gasteiger partial charge on any atom is 0.310 e. The number of carbonyl (C=O) groups is 1. The van der Waals surface area contributed by atoms with Crippen LogP contribution < -0.4 is 0 Å². The van der Waals surface area contributed by atoms with Gasteiger partial charge in [0, 0.05) is 18.9 Å². The maximum atomic E-state index is 11.3. The Kier molecular flexibility index (Phi) is 4.34. The summed E-state index contributed by atoms with van der Waals surface area (Å²) in [6.07, 6.45) is 4.10. The molecule has 0 aliphatic carbocycles. The third kappa shape index (κ3) is 3.44. The van der Waals surface area contributed by atoms with Crippen molar-refractivity contribution in [3.63, 3.8) is 0 Å². The molecule has 4 nitrogen and oxygen atoms in total. The Bertz CT molecular complexity index is 534. The Morgan fingerprint density at radius 3 is 2.63 bits per heavy atom. The van der Waals surface area contributed by atoms with Crippen LogP contribution in [-0.4, -0.2) is 20.9 Å². The fourth-order valence-electron chi connectivity index (χ4n) is 2.25. The molecule has 1 atom stereocenters. The van der Waals surface area contributed by atoms with Crippen molar-refractivity contribution in [2.45, 2.75) is 25.2 Å². The zero-order chi connectivity index (χ0) is 13.7. The average Bonchev–Trinajstić information content (AvgIpc) is 2.81. The molecule has 0 amide bonds. The quantitative estimate of drug-likeness (QED) is 0.866. The van der Waals surface area contributed by atoms with E-state index in [4.69, 9.17) is 0 Å². The Hall–Kier alpha value is -2.10. The molecule has 1 heterocycles. The summed E-state index contributed by atoms with van der Waals surface area (Å²) in [5, 5.41) is 13.4. The van der Waals surface area contributed by atoms with Crippen molar-refractivity contribution >= 4 is 5.97 Å². The summed E-state index contributed by atoms with van der Waals surface area (Å²) in [5.41, 5.74) is 2.01. The van der Waals surface area contributed by atoms with E-state index in [9.17, 15) is 9.90 Å². The number of carboxylic acid groups (broad SMARTS) is 1. The Morgan fingerprint density at radius 1 is 1.32 bits per heavy atom. The molecule has 4 heteroatoms. The lowest BCUT2D eigenvalue weighted by atomic mass is 9.93. The topological polar surface area (TPSA) is 55.1 Å². The maximum absolute atomic E-state index is 11.3. The summed E-state index contributed by atoms with van der Waals surface area (Å²) in [6.45, 7) is 0. The van der Waals surface area contributed by atoms with Crippen molar-refractivity contribution < 1.29 is 9.90 Å². The smallest absolute Gasteiger partial charge is 0.310 e. The van der Waals surface area contributed by atoms with Crippen LogP contribution in [0, 0.1) is 0 Å². The molecule has 100 valence electrons. The molecule has 1 unspecified atom stereocenters. The molecule has 0 aliphatic heterocycles. The van der Waals surface area contributed by atoms with Crippen LogP contribution in [0.25, 0.3) is 0 Å². The Morgan fingerprint density at radius 2 is 2.05 bits per heavy atom. The number of hydrogen-bond acceptors (Lipinski definition) is 2. The van der Waals surface area contributed by atoms with Gasteiger partial charge in [-0.15, -0.1) is 0 Å². The van der Waals surface area contributed by atoms with E-state index in [0.717, 1.165) is 24.1 Å². The van der Waals surface area contributed by atoms with E-state index in [1.165, 1.54) is 0 Å². The number of aliphatic carboxylic acids is 1. The lowest BCUT2D eigenvalue weighted by molar-refractivity contribution is -0.139. The number of nitrogens with zero attached hydrogens (tertiary/aromatic N) is 2. The monoisotopic (exact) mass is 258 g/mol. The molecular weight excluding hydrogens is 240 g/mol. The first-order valence-electron chi connectivity index (χ1n) is 6.43. The molecule has 19 heavy (non-hydrogen) atoms. The summed E-state index contributed by atoms with van der Waals surface area (Å²) in [4.78, 5) is 11.3. The zero-order valence-electron chi connectivity index (χ0n) is 11.0. The van der Waals surface area contributed by atoms with Crippen molar-refractivity contribution in [3.8, 4) is 0 Å². The molecule has 2 rings (SSSR count). The first-order valence-corrected chi connectivity index (χ1v) is 6.43. The number of aryl methyl sites for hydroxylation is 2. The molecule has 0 saturated heterocycles. The van der Waals surface area contributed by atoms with Crippen LogP contribution in [-0.2, 0) is 18.3 Å². The number of hydrogen-bond donors (Lipinski definition) is 1. The standard InChI is InChI=1S/C15H18N2O2/c1-17-13(10-11-16-17)8-5-9-14(15(18)19)12-6-3-2-4-7-12/h2-4,6-7,10-11,14H,5,8-9H2,1H3,(H,18,19). The van der Waals surface area contributed by atoms with Gasteiger partial charge in [0.2, 0.25) is 0 Å². The Balaban J connectivity index is 1.95. The van der Waals surface area contributed by atoms with E-state index >= 15 is 0 Å². The van der Waals surface area contributed by atoms with Crippen LogP contribution in [0.2, 0.25) is 0 Å². The highest BCUT2D eigenvalue weighted by Crippen LogP contribution is 2.22. The number of benzene rings is 1. The van der Waals surface area contributed by atoms with Crippen LogP contribution in [0.5, 0.6) is 0 Å². The minimum absolute atomic E-state index is 0.422. The summed E-state index contributed by atoms with van der Waals surface area (Å²) in [6, 6.07) is 11.4. The van der Waals surface area contributed by atoms with Crippen LogP contribution in [0.4, 0.5) is 0 Å². The highest BCUT2D eigenvalue weighted by atomic mass is 16.4. The third-order valence-corrected chi connectivity index (χ3v) is 3.35. The number of carboxylic acids is 1. The molecule has 0 bridgehead atoms. The molecule has 0 aliphatic rings. The summed E-state index contributed by atoms with van der Waals surface area (Å²) in [5.74, 6) is -1.18.